The maximum Gasteiger partial charge on any atom is 0.255 e. The Bertz CT molecular complexity index is 848. The topological polar surface area (TPSA) is 50.4 Å². The highest BCUT2D eigenvalue weighted by atomic mass is 35.5. The van der Waals surface area contributed by atoms with Crippen LogP contribution in [-0.2, 0) is 0 Å². The van der Waals surface area contributed by atoms with Gasteiger partial charge in [0.15, 0.2) is 0 Å². The fourth-order valence-corrected chi connectivity index (χ4v) is 3.36. The van der Waals surface area contributed by atoms with Crippen LogP contribution in [0.2, 0.25) is 10.0 Å². The first-order valence-corrected chi connectivity index (χ1v) is 7.86. The summed E-state index contributed by atoms with van der Waals surface area (Å²) >= 11 is 12.2. The Morgan fingerprint density at radius 1 is 1.13 bits per heavy atom. The van der Waals surface area contributed by atoms with E-state index in [1.54, 1.807) is 18.2 Å². The summed E-state index contributed by atoms with van der Waals surface area (Å²) in [6.07, 6.45) is 1.62. The highest BCUT2D eigenvalue weighted by molar-refractivity contribution is 6.36. The molecule has 1 unspecified atom stereocenters. The summed E-state index contributed by atoms with van der Waals surface area (Å²) in [6.45, 7) is 0.342. The number of nitrogens with one attached hydrogen (secondary N) is 2. The van der Waals surface area contributed by atoms with E-state index in [4.69, 9.17) is 27.9 Å². The smallest absolute Gasteiger partial charge is 0.255 e. The highest BCUT2D eigenvalue weighted by Gasteiger charge is 2.28. The molecule has 2 heterocycles. The number of amides is 1. The normalized spacial score (nSPS) is 18.8. The van der Waals surface area contributed by atoms with Crippen molar-refractivity contribution in [3.05, 3.63) is 63.1 Å². The van der Waals surface area contributed by atoms with E-state index < -0.39 is 0 Å². The molecule has 0 saturated heterocycles. The van der Waals surface area contributed by atoms with Gasteiger partial charge < -0.3 is 15.4 Å². The zero-order valence-electron chi connectivity index (χ0n) is 11.9. The zero-order chi connectivity index (χ0) is 16.0. The van der Waals surface area contributed by atoms with Crippen LogP contribution >= 0.6 is 23.2 Å². The predicted molar refractivity (Wildman–Crippen MR) is 91.3 cm³/mol. The second-order valence-electron chi connectivity index (χ2n) is 5.41. The lowest BCUT2D eigenvalue weighted by Crippen LogP contribution is -2.47. The minimum absolute atomic E-state index is 0.111. The lowest BCUT2D eigenvalue weighted by Gasteiger charge is -2.31. The van der Waals surface area contributed by atoms with Crippen LogP contribution in [0.15, 0.2) is 42.0 Å². The third-order valence-corrected chi connectivity index (χ3v) is 4.38. The monoisotopic (exact) mass is 346 g/mol. The van der Waals surface area contributed by atoms with Crippen LogP contribution in [-0.4, -0.2) is 18.7 Å². The van der Waals surface area contributed by atoms with Gasteiger partial charge in [-0.15, -0.1) is 0 Å². The number of rotatable bonds is 1. The molecule has 0 aliphatic carbocycles. The fourth-order valence-electron chi connectivity index (χ4n) is 2.80. The van der Waals surface area contributed by atoms with Crippen LogP contribution in [0.4, 0.5) is 5.69 Å². The van der Waals surface area contributed by atoms with E-state index in [0.717, 1.165) is 16.8 Å². The molecule has 0 spiro atoms. The first-order valence-electron chi connectivity index (χ1n) is 7.10. The van der Waals surface area contributed by atoms with E-state index in [-0.39, 0.29) is 12.1 Å². The van der Waals surface area contributed by atoms with Gasteiger partial charge in [-0.3, -0.25) is 4.79 Å². The Morgan fingerprint density at radius 2 is 1.96 bits per heavy atom. The van der Waals surface area contributed by atoms with Gasteiger partial charge in [0, 0.05) is 21.8 Å². The van der Waals surface area contributed by atoms with E-state index in [2.05, 4.69) is 10.6 Å². The molecule has 1 amide bonds. The molecule has 0 saturated carbocycles. The van der Waals surface area contributed by atoms with Crippen LogP contribution in [0.5, 0.6) is 5.75 Å². The van der Waals surface area contributed by atoms with Crippen LogP contribution < -0.4 is 15.4 Å². The van der Waals surface area contributed by atoms with Gasteiger partial charge in [-0.05, 0) is 30.3 Å². The first-order chi connectivity index (χ1) is 11.1. The first kappa shape index (κ1) is 14.4. The lowest BCUT2D eigenvalue weighted by atomic mass is 10.0. The van der Waals surface area contributed by atoms with Gasteiger partial charge in [-0.1, -0.05) is 35.3 Å². The summed E-state index contributed by atoms with van der Waals surface area (Å²) in [6, 6.07) is 10.8. The number of hydrogen-bond donors (Lipinski definition) is 2. The van der Waals surface area contributed by atoms with Crippen LogP contribution in [0.1, 0.15) is 15.9 Å². The van der Waals surface area contributed by atoms with Gasteiger partial charge >= 0.3 is 0 Å². The molecule has 2 aromatic carbocycles. The van der Waals surface area contributed by atoms with Crippen molar-refractivity contribution in [1.29, 1.82) is 0 Å². The molecular weight excluding hydrogens is 335 g/mol. The Labute approximate surface area is 143 Å². The Hall–Kier alpha value is -2.17. The zero-order valence-corrected chi connectivity index (χ0v) is 13.4. The maximum absolute atomic E-state index is 12.2. The van der Waals surface area contributed by atoms with Crippen molar-refractivity contribution in [1.82, 2.24) is 5.32 Å². The van der Waals surface area contributed by atoms with Crippen LogP contribution in [0.25, 0.3) is 6.08 Å². The summed E-state index contributed by atoms with van der Waals surface area (Å²) < 4.78 is 5.75. The number of hydrogen-bond acceptors (Lipinski definition) is 3. The van der Waals surface area contributed by atoms with E-state index in [1.165, 1.54) is 0 Å². The molecule has 116 valence electrons. The third-order valence-electron chi connectivity index (χ3n) is 3.88. The lowest BCUT2D eigenvalue weighted by molar-refractivity contribution is 0.0940. The molecule has 2 aliphatic rings. The standard InChI is InChI=1S/C17H12Cl2N2O2/c18-11-6-9-5-10(8-23-15(9)13(19)7-11)16-20-14-4-2-1-3-12(14)17(22)21-16/h1-7,16,20H,8H2,(H,21,22). The molecule has 2 N–H and O–H groups in total. The molecule has 0 aromatic heterocycles. The molecule has 2 aliphatic heterocycles. The maximum atomic E-state index is 12.2. The van der Waals surface area contributed by atoms with Gasteiger partial charge in [0.2, 0.25) is 0 Å². The number of ether oxygens (including phenoxy) is 1. The van der Waals surface area contributed by atoms with Crippen LogP contribution in [0, 0.1) is 0 Å². The van der Waals surface area contributed by atoms with E-state index in [0.29, 0.717) is 28.0 Å². The molecular formula is C17H12Cl2N2O2. The molecule has 0 fully saturated rings. The molecule has 6 heteroatoms. The fraction of sp³-hybridized carbons (Fsp3) is 0.118. The molecule has 0 bridgehead atoms. The van der Waals surface area contributed by atoms with Crippen molar-refractivity contribution in [3.63, 3.8) is 0 Å². The van der Waals surface area contributed by atoms with Gasteiger partial charge in [0.05, 0.1) is 10.6 Å². The largest absolute Gasteiger partial charge is 0.487 e. The van der Waals surface area contributed by atoms with Crippen LogP contribution in [0.3, 0.4) is 0 Å². The summed E-state index contributed by atoms with van der Waals surface area (Å²) in [5, 5.41) is 7.27. The Balaban J connectivity index is 1.70. The predicted octanol–water partition coefficient (Wildman–Crippen LogP) is 3.95. The summed E-state index contributed by atoms with van der Waals surface area (Å²) in [5.74, 6) is 0.502. The van der Waals surface area contributed by atoms with Gasteiger partial charge in [-0.25, -0.2) is 0 Å². The van der Waals surface area contributed by atoms with Gasteiger partial charge in [0.25, 0.3) is 5.91 Å². The number of anilines is 1. The van der Waals surface area contributed by atoms with Gasteiger partial charge in [0.1, 0.15) is 18.5 Å². The number of benzene rings is 2. The minimum Gasteiger partial charge on any atom is -0.487 e. The molecule has 4 rings (SSSR count). The van der Waals surface area contributed by atoms with Crippen molar-refractivity contribution >= 4 is 40.9 Å². The Morgan fingerprint density at radius 3 is 2.83 bits per heavy atom. The highest BCUT2D eigenvalue weighted by Crippen LogP contribution is 2.37. The molecule has 1 atom stereocenters. The molecule has 4 nitrogen and oxygen atoms in total. The number of fused-ring (bicyclic) bond motifs is 2. The SMILES string of the molecule is O=C1NC(C2=Cc3cc(Cl)cc(Cl)c3OC2)Nc2ccccc21. The molecule has 23 heavy (non-hydrogen) atoms. The van der Waals surface area contributed by atoms with Gasteiger partial charge in [-0.2, -0.15) is 0 Å². The average Bonchev–Trinajstić information content (AvgIpc) is 2.54. The van der Waals surface area contributed by atoms with Crippen molar-refractivity contribution in [2.24, 2.45) is 0 Å². The molecule has 2 aromatic rings. The van der Waals surface area contributed by atoms with E-state index in [9.17, 15) is 4.79 Å². The van der Waals surface area contributed by atoms with Crippen molar-refractivity contribution in [3.8, 4) is 5.75 Å². The van der Waals surface area contributed by atoms with E-state index in [1.807, 2.05) is 24.3 Å². The average molecular weight is 347 g/mol. The molecule has 0 radical (unpaired) electrons. The number of carbonyl (C=O) groups excluding carboxylic acids is 1. The van der Waals surface area contributed by atoms with E-state index >= 15 is 0 Å². The number of carbonyl (C=O) groups is 1. The summed E-state index contributed by atoms with van der Waals surface area (Å²) in [7, 11) is 0. The number of halogens is 2. The second kappa shape index (κ2) is 5.48. The van der Waals surface area contributed by atoms with Crippen molar-refractivity contribution < 1.29 is 9.53 Å². The Kier molecular flexibility index (Phi) is 3.43. The second-order valence-corrected chi connectivity index (χ2v) is 6.25. The van der Waals surface area contributed by atoms with Crippen molar-refractivity contribution in [2.45, 2.75) is 6.17 Å². The minimum atomic E-state index is -0.330. The quantitative estimate of drug-likeness (QED) is 0.821. The van der Waals surface area contributed by atoms with Crippen molar-refractivity contribution in [2.75, 3.05) is 11.9 Å². The number of para-hydroxylation sites is 1. The summed E-state index contributed by atoms with van der Waals surface area (Å²) in [4.78, 5) is 12.2. The summed E-state index contributed by atoms with van der Waals surface area (Å²) in [5.41, 5.74) is 3.14. The third kappa shape index (κ3) is 2.54.